The summed E-state index contributed by atoms with van der Waals surface area (Å²) in [5.41, 5.74) is 0.691. The molecule has 1 amide bonds. The van der Waals surface area contributed by atoms with Gasteiger partial charge in [0, 0.05) is 15.7 Å². The van der Waals surface area contributed by atoms with Crippen molar-refractivity contribution in [2.75, 3.05) is 10.0 Å². The molecule has 0 heterocycles. The molecule has 2 N–H and O–H groups in total. The SMILES string of the molecule is CC[C@@H](Oc1ccc2ccccc2c1)C(=O)Nc1ccc(S(=O)(=O)Nc2cc(Cl)cc(Cl)c2)cc1. The highest BCUT2D eigenvalue weighted by molar-refractivity contribution is 7.92. The second-order valence-corrected chi connectivity index (χ2v) is 10.4. The minimum absolute atomic E-state index is 0.0195. The first-order valence-corrected chi connectivity index (χ1v) is 13.0. The quantitative estimate of drug-likeness (QED) is 0.265. The molecule has 0 aromatic heterocycles. The van der Waals surface area contributed by atoms with Gasteiger partial charge < -0.3 is 10.1 Å². The molecular weight excluding hydrogens is 507 g/mol. The number of benzene rings is 4. The summed E-state index contributed by atoms with van der Waals surface area (Å²) in [5, 5.41) is 5.50. The molecule has 9 heteroatoms. The zero-order valence-corrected chi connectivity index (χ0v) is 21.0. The molecule has 35 heavy (non-hydrogen) atoms. The number of amides is 1. The molecule has 0 saturated heterocycles. The van der Waals surface area contributed by atoms with Gasteiger partial charge in [0.05, 0.1) is 10.6 Å². The summed E-state index contributed by atoms with van der Waals surface area (Å²) in [4.78, 5) is 12.8. The Kier molecular flexibility index (Phi) is 7.50. The van der Waals surface area contributed by atoms with Gasteiger partial charge in [-0.3, -0.25) is 9.52 Å². The third-order valence-corrected chi connectivity index (χ3v) is 7.04. The number of carbonyl (C=O) groups is 1. The predicted octanol–water partition coefficient (Wildman–Crippen LogP) is 6.74. The Bertz CT molecular complexity index is 1450. The van der Waals surface area contributed by atoms with Crippen molar-refractivity contribution in [2.24, 2.45) is 0 Å². The Balaban J connectivity index is 1.43. The van der Waals surface area contributed by atoms with Gasteiger partial charge in [0.2, 0.25) is 0 Å². The van der Waals surface area contributed by atoms with Crippen molar-refractivity contribution in [3.05, 3.63) is 95.0 Å². The number of nitrogens with one attached hydrogen (secondary N) is 2. The van der Waals surface area contributed by atoms with E-state index in [-0.39, 0.29) is 16.5 Å². The molecule has 0 saturated carbocycles. The van der Waals surface area contributed by atoms with Crippen LogP contribution in [0.25, 0.3) is 10.8 Å². The van der Waals surface area contributed by atoms with E-state index in [1.807, 2.05) is 49.4 Å². The topological polar surface area (TPSA) is 84.5 Å². The molecule has 4 aromatic rings. The van der Waals surface area contributed by atoms with E-state index in [1.165, 1.54) is 42.5 Å². The van der Waals surface area contributed by atoms with E-state index in [0.717, 1.165) is 10.8 Å². The van der Waals surface area contributed by atoms with Gasteiger partial charge in [0.25, 0.3) is 15.9 Å². The van der Waals surface area contributed by atoms with Crippen LogP contribution in [0.3, 0.4) is 0 Å². The number of ether oxygens (including phenoxy) is 1. The van der Waals surface area contributed by atoms with E-state index in [2.05, 4.69) is 10.0 Å². The van der Waals surface area contributed by atoms with Gasteiger partial charge >= 0.3 is 0 Å². The van der Waals surface area contributed by atoms with E-state index in [4.69, 9.17) is 27.9 Å². The van der Waals surface area contributed by atoms with Gasteiger partial charge in [-0.25, -0.2) is 8.42 Å². The fraction of sp³-hybridized carbons (Fsp3) is 0.115. The zero-order valence-electron chi connectivity index (χ0n) is 18.7. The number of hydrogen-bond acceptors (Lipinski definition) is 4. The summed E-state index contributed by atoms with van der Waals surface area (Å²) in [7, 11) is -3.88. The summed E-state index contributed by atoms with van der Waals surface area (Å²) in [6, 6.07) is 23.8. The summed E-state index contributed by atoms with van der Waals surface area (Å²) in [6.07, 6.45) is -0.258. The Hall–Kier alpha value is -3.26. The van der Waals surface area contributed by atoms with Crippen LogP contribution in [0, 0.1) is 0 Å². The highest BCUT2D eigenvalue weighted by Gasteiger charge is 2.20. The average Bonchev–Trinajstić information content (AvgIpc) is 2.81. The van der Waals surface area contributed by atoms with E-state index in [9.17, 15) is 13.2 Å². The highest BCUT2D eigenvalue weighted by atomic mass is 35.5. The van der Waals surface area contributed by atoms with Crippen molar-refractivity contribution in [3.63, 3.8) is 0 Å². The zero-order chi connectivity index (χ0) is 25.0. The van der Waals surface area contributed by atoms with Crippen molar-refractivity contribution in [1.29, 1.82) is 0 Å². The number of anilines is 2. The number of fused-ring (bicyclic) bond motifs is 1. The number of sulfonamides is 1. The van der Waals surface area contributed by atoms with Gasteiger partial charge in [-0.1, -0.05) is 60.5 Å². The van der Waals surface area contributed by atoms with Crippen LogP contribution in [-0.2, 0) is 14.8 Å². The fourth-order valence-corrected chi connectivity index (χ4v) is 5.06. The minimum atomic E-state index is -3.88. The molecule has 0 spiro atoms. The maximum atomic E-state index is 12.8. The molecule has 0 aliphatic carbocycles. The standard InChI is InChI=1S/C26H22Cl2N2O4S/c1-2-25(34-23-10-7-17-5-3-4-6-18(17)13-23)26(31)29-21-8-11-24(12-9-21)35(32,33)30-22-15-19(27)14-20(28)16-22/h3-16,25,30H,2H2,1H3,(H,29,31)/t25-/m1/s1. The van der Waals surface area contributed by atoms with Crippen molar-refractivity contribution in [2.45, 2.75) is 24.3 Å². The van der Waals surface area contributed by atoms with Crippen molar-refractivity contribution >= 4 is 61.3 Å². The van der Waals surface area contributed by atoms with E-state index >= 15 is 0 Å². The highest BCUT2D eigenvalue weighted by Crippen LogP contribution is 2.26. The van der Waals surface area contributed by atoms with Gasteiger partial charge in [-0.2, -0.15) is 0 Å². The van der Waals surface area contributed by atoms with E-state index < -0.39 is 16.1 Å². The molecule has 0 unspecified atom stereocenters. The van der Waals surface area contributed by atoms with Gasteiger partial charge in [-0.05, 0) is 71.8 Å². The first kappa shape index (κ1) is 24.9. The first-order chi connectivity index (χ1) is 16.7. The summed E-state index contributed by atoms with van der Waals surface area (Å²) < 4.78 is 33.8. The third-order valence-electron chi connectivity index (χ3n) is 5.21. The van der Waals surface area contributed by atoms with Crippen LogP contribution < -0.4 is 14.8 Å². The second kappa shape index (κ2) is 10.6. The van der Waals surface area contributed by atoms with E-state index in [1.54, 1.807) is 0 Å². The van der Waals surface area contributed by atoms with Crippen molar-refractivity contribution in [3.8, 4) is 5.75 Å². The molecule has 6 nitrogen and oxygen atoms in total. The maximum Gasteiger partial charge on any atom is 0.265 e. The van der Waals surface area contributed by atoms with Crippen LogP contribution in [-0.4, -0.2) is 20.4 Å². The van der Waals surface area contributed by atoms with Crippen LogP contribution in [0.5, 0.6) is 5.75 Å². The first-order valence-electron chi connectivity index (χ1n) is 10.8. The largest absolute Gasteiger partial charge is 0.481 e. The second-order valence-electron chi connectivity index (χ2n) is 7.80. The summed E-state index contributed by atoms with van der Waals surface area (Å²) >= 11 is 11.9. The van der Waals surface area contributed by atoms with Crippen LogP contribution in [0.4, 0.5) is 11.4 Å². The van der Waals surface area contributed by atoms with Gasteiger partial charge in [0.1, 0.15) is 5.75 Å². The van der Waals surface area contributed by atoms with Gasteiger partial charge in [-0.15, -0.1) is 0 Å². The molecule has 4 rings (SSSR count). The summed E-state index contributed by atoms with van der Waals surface area (Å²) in [5.74, 6) is 0.266. The van der Waals surface area contributed by atoms with Gasteiger partial charge in [0.15, 0.2) is 6.10 Å². The van der Waals surface area contributed by atoms with Crippen LogP contribution in [0.15, 0.2) is 89.8 Å². The molecule has 1 atom stereocenters. The minimum Gasteiger partial charge on any atom is -0.481 e. The van der Waals surface area contributed by atoms with E-state index in [0.29, 0.717) is 27.9 Å². The third kappa shape index (κ3) is 6.25. The lowest BCUT2D eigenvalue weighted by Crippen LogP contribution is -2.32. The number of halogens is 2. The molecule has 0 fully saturated rings. The van der Waals surface area contributed by atoms with Crippen molar-refractivity contribution in [1.82, 2.24) is 0 Å². The molecule has 0 radical (unpaired) electrons. The lowest BCUT2D eigenvalue weighted by atomic mass is 10.1. The average molecular weight is 529 g/mol. The Morgan fingerprint density at radius 3 is 2.17 bits per heavy atom. The molecular formula is C26H22Cl2N2O4S. The molecule has 0 aliphatic heterocycles. The van der Waals surface area contributed by atoms with Crippen molar-refractivity contribution < 1.29 is 17.9 Å². The number of rotatable bonds is 8. The normalized spacial score (nSPS) is 12.2. The Labute approximate surface area is 213 Å². The Morgan fingerprint density at radius 2 is 1.51 bits per heavy atom. The smallest absolute Gasteiger partial charge is 0.265 e. The fourth-order valence-electron chi connectivity index (χ4n) is 3.49. The van der Waals surface area contributed by atoms with Crippen LogP contribution in [0.2, 0.25) is 10.0 Å². The molecule has 0 aliphatic rings. The number of hydrogen-bond donors (Lipinski definition) is 2. The molecule has 180 valence electrons. The maximum absolute atomic E-state index is 12.8. The van der Waals surface area contributed by atoms with Crippen LogP contribution in [0.1, 0.15) is 13.3 Å². The Morgan fingerprint density at radius 1 is 0.857 bits per heavy atom. The number of carbonyl (C=O) groups excluding carboxylic acids is 1. The summed E-state index contributed by atoms with van der Waals surface area (Å²) in [6.45, 7) is 1.86. The lowest BCUT2D eigenvalue weighted by molar-refractivity contribution is -0.122. The molecule has 4 aromatic carbocycles. The lowest BCUT2D eigenvalue weighted by Gasteiger charge is -2.18. The monoisotopic (exact) mass is 528 g/mol. The molecule has 0 bridgehead atoms. The predicted molar refractivity (Wildman–Crippen MR) is 141 cm³/mol. The van der Waals surface area contributed by atoms with Crippen LogP contribution >= 0.6 is 23.2 Å².